The lowest BCUT2D eigenvalue weighted by molar-refractivity contribution is -0.154. The van der Waals surface area contributed by atoms with Crippen LogP contribution in [0.2, 0.25) is 0 Å². The van der Waals surface area contributed by atoms with Crippen LogP contribution in [0, 0.1) is 5.92 Å². The quantitative estimate of drug-likeness (QED) is 0.847. The number of aromatic nitrogens is 1. The Labute approximate surface area is 144 Å². The van der Waals surface area contributed by atoms with Gasteiger partial charge in [0.2, 0.25) is 11.8 Å². The fourth-order valence-electron chi connectivity index (χ4n) is 2.19. The standard InChI is InChI=1S/C13H16F3N3O2.2ClH/c14-13(15,16)7-21-11-4-3-10(6-18-11)19-12(20)8-1-2-9(17)5-8;;/h3-4,6,8-9H,1-2,5,7,17H2,(H,19,20);2*1H. The van der Waals surface area contributed by atoms with Gasteiger partial charge in [0.15, 0.2) is 6.61 Å². The van der Waals surface area contributed by atoms with E-state index in [9.17, 15) is 18.0 Å². The van der Waals surface area contributed by atoms with Gasteiger partial charge in [-0.25, -0.2) is 4.98 Å². The minimum Gasteiger partial charge on any atom is -0.468 e. The highest BCUT2D eigenvalue weighted by Crippen LogP contribution is 2.25. The average molecular weight is 376 g/mol. The SMILES string of the molecule is Cl.Cl.NC1CCC(C(=O)Nc2ccc(OCC(F)(F)F)nc2)C1. The van der Waals surface area contributed by atoms with Crippen molar-refractivity contribution >= 4 is 36.4 Å². The van der Waals surface area contributed by atoms with Crippen LogP contribution in [-0.2, 0) is 4.79 Å². The number of anilines is 1. The number of ether oxygens (including phenoxy) is 1. The molecule has 2 atom stereocenters. The summed E-state index contributed by atoms with van der Waals surface area (Å²) >= 11 is 0. The average Bonchev–Trinajstić information content (AvgIpc) is 2.84. The lowest BCUT2D eigenvalue weighted by Gasteiger charge is -2.11. The molecule has 0 radical (unpaired) electrons. The molecule has 1 aliphatic carbocycles. The largest absolute Gasteiger partial charge is 0.468 e. The van der Waals surface area contributed by atoms with Crippen LogP contribution < -0.4 is 15.8 Å². The Morgan fingerprint density at radius 2 is 2.04 bits per heavy atom. The number of alkyl halides is 3. The predicted molar refractivity (Wildman–Crippen MR) is 84.2 cm³/mol. The molecule has 1 fully saturated rings. The molecule has 2 unspecified atom stereocenters. The number of carbonyl (C=O) groups excluding carboxylic acids is 1. The van der Waals surface area contributed by atoms with E-state index in [2.05, 4.69) is 15.0 Å². The summed E-state index contributed by atoms with van der Waals surface area (Å²) in [6, 6.07) is 2.78. The molecule has 23 heavy (non-hydrogen) atoms. The van der Waals surface area contributed by atoms with Gasteiger partial charge in [0.1, 0.15) is 0 Å². The van der Waals surface area contributed by atoms with Gasteiger partial charge < -0.3 is 15.8 Å². The summed E-state index contributed by atoms with van der Waals surface area (Å²) in [6.45, 7) is -1.40. The second-order valence-corrected chi connectivity index (χ2v) is 5.05. The van der Waals surface area contributed by atoms with Crippen molar-refractivity contribution in [3.05, 3.63) is 18.3 Å². The molecular formula is C13H18Cl2F3N3O2. The Balaban J connectivity index is 0.00000242. The molecule has 0 aromatic carbocycles. The number of hydrogen-bond acceptors (Lipinski definition) is 4. The van der Waals surface area contributed by atoms with E-state index in [1.807, 2.05) is 0 Å². The highest BCUT2D eigenvalue weighted by molar-refractivity contribution is 5.92. The summed E-state index contributed by atoms with van der Waals surface area (Å²) in [5.41, 5.74) is 6.16. The number of nitrogens with zero attached hydrogens (tertiary/aromatic N) is 1. The number of nitrogens with two attached hydrogens (primary N) is 1. The molecule has 1 amide bonds. The van der Waals surface area contributed by atoms with Crippen molar-refractivity contribution in [2.45, 2.75) is 31.5 Å². The molecule has 0 spiro atoms. The third-order valence-electron chi connectivity index (χ3n) is 3.23. The second kappa shape index (κ2) is 9.14. The third-order valence-corrected chi connectivity index (χ3v) is 3.23. The van der Waals surface area contributed by atoms with Crippen molar-refractivity contribution in [2.24, 2.45) is 11.7 Å². The number of nitrogens with one attached hydrogen (secondary N) is 1. The summed E-state index contributed by atoms with van der Waals surface area (Å²) in [5.74, 6) is -0.414. The molecule has 132 valence electrons. The zero-order valence-corrected chi connectivity index (χ0v) is 13.6. The van der Waals surface area contributed by atoms with Gasteiger partial charge in [-0.3, -0.25) is 4.79 Å². The van der Waals surface area contributed by atoms with Crippen LogP contribution in [-0.4, -0.2) is 29.7 Å². The molecule has 0 saturated heterocycles. The molecule has 1 aromatic heterocycles. The topological polar surface area (TPSA) is 77.2 Å². The van der Waals surface area contributed by atoms with Crippen LogP contribution >= 0.6 is 24.8 Å². The molecule has 0 aliphatic heterocycles. The van der Waals surface area contributed by atoms with Crippen LogP contribution in [0.3, 0.4) is 0 Å². The van der Waals surface area contributed by atoms with E-state index >= 15 is 0 Å². The molecule has 3 N–H and O–H groups in total. The maximum absolute atomic E-state index is 12.0. The lowest BCUT2D eigenvalue weighted by atomic mass is 10.1. The van der Waals surface area contributed by atoms with Crippen LogP contribution in [0.15, 0.2) is 18.3 Å². The molecule has 1 saturated carbocycles. The van der Waals surface area contributed by atoms with Crippen molar-refractivity contribution in [3.8, 4) is 5.88 Å². The van der Waals surface area contributed by atoms with Gasteiger partial charge in [-0.05, 0) is 25.3 Å². The van der Waals surface area contributed by atoms with Crippen molar-refractivity contribution in [3.63, 3.8) is 0 Å². The van der Waals surface area contributed by atoms with E-state index in [1.165, 1.54) is 18.3 Å². The maximum Gasteiger partial charge on any atom is 0.422 e. The van der Waals surface area contributed by atoms with Crippen molar-refractivity contribution in [1.82, 2.24) is 4.98 Å². The first-order valence-corrected chi connectivity index (χ1v) is 6.55. The van der Waals surface area contributed by atoms with Gasteiger partial charge >= 0.3 is 6.18 Å². The molecule has 5 nitrogen and oxygen atoms in total. The molecule has 1 aliphatic rings. The number of carbonyl (C=O) groups is 1. The molecule has 1 aromatic rings. The van der Waals surface area contributed by atoms with Crippen LogP contribution in [0.25, 0.3) is 0 Å². The van der Waals surface area contributed by atoms with E-state index in [4.69, 9.17) is 5.73 Å². The maximum atomic E-state index is 12.0. The molecule has 1 heterocycles. The normalized spacial score (nSPS) is 20.2. The van der Waals surface area contributed by atoms with Crippen molar-refractivity contribution in [2.75, 3.05) is 11.9 Å². The van der Waals surface area contributed by atoms with E-state index in [1.54, 1.807) is 0 Å². The van der Waals surface area contributed by atoms with Crippen LogP contribution in [0.4, 0.5) is 18.9 Å². The zero-order chi connectivity index (χ0) is 15.5. The fraction of sp³-hybridized carbons (Fsp3) is 0.538. The Morgan fingerprint density at radius 3 is 2.52 bits per heavy atom. The van der Waals surface area contributed by atoms with E-state index in [-0.39, 0.29) is 48.6 Å². The summed E-state index contributed by atoms with van der Waals surface area (Å²) < 4.78 is 40.4. The summed E-state index contributed by atoms with van der Waals surface area (Å²) in [6.07, 6.45) is -0.936. The minimum absolute atomic E-state index is 0. The number of rotatable bonds is 4. The highest BCUT2D eigenvalue weighted by atomic mass is 35.5. The molecule has 2 rings (SSSR count). The summed E-state index contributed by atoms with van der Waals surface area (Å²) in [5, 5.41) is 2.67. The fourth-order valence-corrected chi connectivity index (χ4v) is 2.19. The Kier molecular flexibility index (Phi) is 8.65. The van der Waals surface area contributed by atoms with Crippen molar-refractivity contribution in [1.29, 1.82) is 0 Å². The zero-order valence-electron chi connectivity index (χ0n) is 12.0. The van der Waals surface area contributed by atoms with Gasteiger partial charge in [-0.15, -0.1) is 24.8 Å². The smallest absolute Gasteiger partial charge is 0.422 e. The first-order valence-electron chi connectivity index (χ1n) is 6.55. The van der Waals surface area contributed by atoms with Crippen molar-refractivity contribution < 1.29 is 22.7 Å². The first-order chi connectivity index (χ1) is 9.83. The van der Waals surface area contributed by atoms with Gasteiger partial charge in [-0.1, -0.05) is 0 Å². The number of hydrogen-bond donors (Lipinski definition) is 2. The summed E-state index contributed by atoms with van der Waals surface area (Å²) in [4.78, 5) is 15.6. The minimum atomic E-state index is -4.41. The van der Waals surface area contributed by atoms with E-state index in [0.29, 0.717) is 12.1 Å². The summed E-state index contributed by atoms with van der Waals surface area (Å²) in [7, 11) is 0. The predicted octanol–water partition coefficient (Wildman–Crippen LogP) is 2.93. The van der Waals surface area contributed by atoms with Gasteiger partial charge in [0.05, 0.1) is 11.9 Å². The van der Waals surface area contributed by atoms with Crippen LogP contribution in [0.5, 0.6) is 5.88 Å². The highest BCUT2D eigenvalue weighted by Gasteiger charge is 2.29. The van der Waals surface area contributed by atoms with Gasteiger partial charge in [0, 0.05) is 18.0 Å². The van der Waals surface area contributed by atoms with E-state index < -0.39 is 12.8 Å². The molecule has 10 heteroatoms. The number of halogens is 5. The lowest BCUT2D eigenvalue weighted by Crippen LogP contribution is -2.23. The second-order valence-electron chi connectivity index (χ2n) is 5.05. The Hall–Kier alpha value is -1.25. The van der Waals surface area contributed by atoms with E-state index in [0.717, 1.165) is 12.8 Å². The van der Waals surface area contributed by atoms with Gasteiger partial charge in [-0.2, -0.15) is 13.2 Å². The number of amides is 1. The van der Waals surface area contributed by atoms with Crippen LogP contribution in [0.1, 0.15) is 19.3 Å². The Morgan fingerprint density at radius 1 is 1.35 bits per heavy atom. The third kappa shape index (κ3) is 7.24. The first kappa shape index (κ1) is 21.8. The Bertz CT molecular complexity index is 500. The molecular weight excluding hydrogens is 358 g/mol. The number of pyridine rings is 1. The van der Waals surface area contributed by atoms with Gasteiger partial charge in [0.25, 0.3) is 0 Å². The molecule has 0 bridgehead atoms. The monoisotopic (exact) mass is 375 g/mol.